The van der Waals surface area contributed by atoms with E-state index < -0.39 is 0 Å². The van der Waals surface area contributed by atoms with E-state index >= 15 is 0 Å². The third-order valence-electron chi connectivity index (χ3n) is 4.80. The van der Waals surface area contributed by atoms with Gasteiger partial charge in [-0.1, -0.05) is 12.8 Å². The summed E-state index contributed by atoms with van der Waals surface area (Å²) >= 11 is 0. The Morgan fingerprint density at radius 1 is 0.812 bits per heavy atom. The molecule has 0 aromatic heterocycles. The average molecular weight is 224 g/mol. The Morgan fingerprint density at radius 2 is 1.25 bits per heavy atom. The predicted octanol–water partition coefficient (Wildman–Crippen LogP) is 0.116. The minimum atomic E-state index is -0.0241. The van der Waals surface area contributed by atoms with E-state index in [2.05, 4.69) is 35.1 Å². The molecule has 0 aromatic rings. The van der Waals surface area contributed by atoms with Crippen LogP contribution >= 0.6 is 0 Å². The lowest BCUT2D eigenvalue weighted by Gasteiger charge is -2.60. The SMILES string of the molecule is C[C@@]12NCCN[C@]1(C)N[C@H]1CCCC[C@@H]1N2. The second-order valence-electron chi connectivity index (χ2n) is 5.89. The number of hydrogen-bond donors (Lipinski definition) is 4. The molecule has 1 aliphatic carbocycles. The molecule has 92 valence electrons. The summed E-state index contributed by atoms with van der Waals surface area (Å²) in [6.07, 6.45) is 5.36. The molecule has 0 unspecified atom stereocenters. The van der Waals surface area contributed by atoms with Crippen molar-refractivity contribution in [3.63, 3.8) is 0 Å². The van der Waals surface area contributed by atoms with Crippen LogP contribution in [0.5, 0.6) is 0 Å². The van der Waals surface area contributed by atoms with E-state index in [9.17, 15) is 0 Å². The summed E-state index contributed by atoms with van der Waals surface area (Å²) in [5.41, 5.74) is -0.0481. The zero-order chi connectivity index (χ0) is 11.2. The van der Waals surface area contributed by atoms with E-state index in [-0.39, 0.29) is 11.3 Å². The van der Waals surface area contributed by atoms with Crippen LogP contribution < -0.4 is 21.3 Å². The van der Waals surface area contributed by atoms with Gasteiger partial charge in [0, 0.05) is 25.2 Å². The van der Waals surface area contributed by atoms with Gasteiger partial charge in [0.1, 0.15) is 0 Å². The van der Waals surface area contributed by atoms with Gasteiger partial charge in [0.05, 0.1) is 11.3 Å². The molecule has 1 saturated carbocycles. The first-order valence-corrected chi connectivity index (χ1v) is 6.68. The smallest absolute Gasteiger partial charge is 0.0982 e. The monoisotopic (exact) mass is 224 g/mol. The topological polar surface area (TPSA) is 48.1 Å². The van der Waals surface area contributed by atoms with E-state index in [0.29, 0.717) is 12.1 Å². The number of rotatable bonds is 0. The second kappa shape index (κ2) is 3.67. The van der Waals surface area contributed by atoms with Gasteiger partial charge in [-0.3, -0.25) is 21.3 Å². The van der Waals surface area contributed by atoms with E-state index in [0.717, 1.165) is 13.1 Å². The average Bonchev–Trinajstić information content (AvgIpc) is 2.26. The quantitative estimate of drug-likeness (QED) is 0.472. The van der Waals surface area contributed by atoms with Crippen LogP contribution in [0.2, 0.25) is 0 Å². The normalized spacial score (nSPS) is 52.9. The Balaban J connectivity index is 1.84. The second-order valence-corrected chi connectivity index (χ2v) is 5.89. The molecular formula is C12H24N4. The van der Waals surface area contributed by atoms with Gasteiger partial charge in [-0.05, 0) is 26.7 Å². The fourth-order valence-electron chi connectivity index (χ4n) is 3.59. The van der Waals surface area contributed by atoms with Crippen molar-refractivity contribution in [3.05, 3.63) is 0 Å². The Kier molecular flexibility index (Phi) is 2.51. The van der Waals surface area contributed by atoms with Gasteiger partial charge in [0.25, 0.3) is 0 Å². The van der Waals surface area contributed by atoms with Gasteiger partial charge >= 0.3 is 0 Å². The van der Waals surface area contributed by atoms with Crippen molar-refractivity contribution >= 4 is 0 Å². The maximum absolute atomic E-state index is 3.84. The summed E-state index contributed by atoms with van der Waals surface area (Å²) in [5.74, 6) is 0. The van der Waals surface area contributed by atoms with Crippen LogP contribution in [0.4, 0.5) is 0 Å². The molecule has 2 saturated heterocycles. The molecule has 0 radical (unpaired) electrons. The van der Waals surface area contributed by atoms with E-state index in [1.54, 1.807) is 0 Å². The number of nitrogens with one attached hydrogen (secondary N) is 4. The van der Waals surface area contributed by atoms with Crippen LogP contribution in [0, 0.1) is 0 Å². The van der Waals surface area contributed by atoms with Gasteiger partial charge in [0.2, 0.25) is 0 Å². The van der Waals surface area contributed by atoms with Crippen LogP contribution in [0.25, 0.3) is 0 Å². The highest BCUT2D eigenvalue weighted by Gasteiger charge is 2.53. The highest BCUT2D eigenvalue weighted by Crippen LogP contribution is 2.31. The van der Waals surface area contributed by atoms with Gasteiger partial charge in [-0.2, -0.15) is 0 Å². The standard InChI is InChI=1S/C12H24N4/c1-11-12(2,14-8-7-13-11)16-10-6-4-3-5-9(10)15-11/h9-10,13-16H,3-8H2,1-2H3/t9-,10-,11-,12+/m0/s1. The Hall–Kier alpha value is -0.160. The van der Waals surface area contributed by atoms with Crippen LogP contribution in [-0.2, 0) is 0 Å². The first-order valence-electron chi connectivity index (χ1n) is 6.68. The Labute approximate surface area is 97.9 Å². The largest absolute Gasteiger partial charge is 0.296 e. The number of piperazine rings is 2. The summed E-state index contributed by atoms with van der Waals surface area (Å²) in [6.45, 7) is 6.63. The molecule has 4 N–H and O–H groups in total. The molecule has 4 nitrogen and oxygen atoms in total. The summed E-state index contributed by atoms with van der Waals surface area (Å²) in [6, 6.07) is 1.28. The van der Waals surface area contributed by atoms with Crippen molar-refractivity contribution in [3.8, 4) is 0 Å². The maximum atomic E-state index is 3.84. The van der Waals surface area contributed by atoms with Crippen molar-refractivity contribution in [2.45, 2.75) is 62.9 Å². The molecule has 2 heterocycles. The van der Waals surface area contributed by atoms with Gasteiger partial charge in [-0.25, -0.2) is 0 Å². The van der Waals surface area contributed by atoms with Crippen LogP contribution in [0.3, 0.4) is 0 Å². The lowest BCUT2D eigenvalue weighted by molar-refractivity contribution is -0.0144. The molecule has 3 rings (SSSR count). The van der Waals surface area contributed by atoms with Crippen molar-refractivity contribution in [1.82, 2.24) is 21.3 Å². The number of fused-ring (bicyclic) bond motifs is 2. The lowest BCUT2D eigenvalue weighted by atomic mass is 9.80. The van der Waals surface area contributed by atoms with Crippen molar-refractivity contribution in [2.24, 2.45) is 0 Å². The Bertz CT molecular complexity index is 254. The molecule has 0 spiro atoms. The van der Waals surface area contributed by atoms with Crippen LogP contribution in [0.1, 0.15) is 39.5 Å². The number of hydrogen-bond acceptors (Lipinski definition) is 4. The molecule has 4 atom stereocenters. The highest BCUT2D eigenvalue weighted by molar-refractivity contribution is 5.13. The molecule has 0 aromatic carbocycles. The zero-order valence-corrected chi connectivity index (χ0v) is 10.4. The van der Waals surface area contributed by atoms with Crippen LogP contribution in [-0.4, -0.2) is 36.5 Å². The molecule has 4 heteroatoms. The van der Waals surface area contributed by atoms with Crippen molar-refractivity contribution in [1.29, 1.82) is 0 Å². The summed E-state index contributed by atoms with van der Waals surface area (Å²) in [5, 5.41) is 14.9. The van der Waals surface area contributed by atoms with Crippen molar-refractivity contribution < 1.29 is 0 Å². The fourth-order valence-corrected chi connectivity index (χ4v) is 3.59. The molecule has 0 amide bonds. The first-order chi connectivity index (χ1) is 7.63. The first kappa shape index (κ1) is 11.0. The molecule has 3 fully saturated rings. The van der Waals surface area contributed by atoms with E-state index in [1.165, 1.54) is 25.7 Å². The fraction of sp³-hybridized carbons (Fsp3) is 1.00. The maximum Gasteiger partial charge on any atom is 0.0982 e. The van der Waals surface area contributed by atoms with E-state index in [4.69, 9.17) is 0 Å². The van der Waals surface area contributed by atoms with Crippen LogP contribution in [0.15, 0.2) is 0 Å². The molecular weight excluding hydrogens is 200 g/mol. The minimum absolute atomic E-state index is 0.0241. The molecule has 2 aliphatic heterocycles. The van der Waals surface area contributed by atoms with E-state index in [1.807, 2.05) is 0 Å². The lowest BCUT2D eigenvalue weighted by Crippen LogP contribution is -2.88. The molecule has 16 heavy (non-hydrogen) atoms. The molecule has 0 bridgehead atoms. The third kappa shape index (κ3) is 1.51. The summed E-state index contributed by atoms with van der Waals surface area (Å²) in [4.78, 5) is 0. The van der Waals surface area contributed by atoms with Crippen molar-refractivity contribution in [2.75, 3.05) is 13.1 Å². The molecule has 3 aliphatic rings. The third-order valence-corrected chi connectivity index (χ3v) is 4.80. The minimum Gasteiger partial charge on any atom is -0.296 e. The Morgan fingerprint density at radius 3 is 1.69 bits per heavy atom. The van der Waals surface area contributed by atoms with Gasteiger partial charge < -0.3 is 0 Å². The predicted molar refractivity (Wildman–Crippen MR) is 65.1 cm³/mol. The van der Waals surface area contributed by atoms with Gasteiger partial charge in [0.15, 0.2) is 0 Å². The van der Waals surface area contributed by atoms with Gasteiger partial charge in [-0.15, -0.1) is 0 Å². The zero-order valence-electron chi connectivity index (χ0n) is 10.4. The summed E-state index contributed by atoms with van der Waals surface area (Å²) < 4.78 is 0. The highest BCUT2D eigenvalue weighted by atomic mass is 15.4. The summed E-state index contributed by atoms with van der Waals surface area (Å²) in [7, 11) is 0.